The lowest BCUT2D eigenvalue weighted by atomic mass is 9.83. The number of pyridine rings is 1. The van der Waals surface area contributed by atoms with E-state index in [0.29, 0.717) is 12.4 Å². The molecule has 5 nitrogen and oxygen atoms in total. The van der Waals surface area contributed by atoms with Gasteiger partial charge in [0.25, 0.3) is 0 Å². The summed E-state index contributed by atoms with van der Waals surface area (Å²) in [6, 6.07) is 15.3. The van der Waals surface area contributed by atoms with Crippen LogP contribution in [0.15, 0.2) is 54.7 Å². The third kappa shape index (κ3) is 5.66. The Kier molecular flexibility index (Phi) is 9.17. The minimum absolute atomic E-state index is 0.206. The summed E-state index contributed by atoms with van der Waals surface area (Å²) in [5.41, 5.74) is 1.68. The summed E-state index contributed by atoms with van der Waals surface area (Å²) in [6.07, 6.45) is 0.990. The van der Waals surface area contributed by atoms with Crippen LogP contribution in [0.25, 0.3) is 0 Å². The summed E-state index contributed by atoms with van der Waals surface area (Å²) in [7, 11) is 0. The van der Waals surface area contributed by atoms with Gasteiger partial charge in [0.05, 0.1) is 24.3 Å². The summed E-state index contributed by atoms with van der Waals surface area (Å²) in [5, 5.41) is -0.240. The minimum Gasteiger partial charge on any atom is -0.465 e. The molecule has 28 heavy (non-hydrogen) atoms. The molecule has 3 atom stereocenters. The Labute approximate surface area is 170 Å². The van der Waals surface area contributed by atoms with Crippen LogP contribution in [0, 0.1) is 5.92 Å². The van der Waals surface area contributed by atoms with E-state index in [-0.39, 0.29) is 17.6 Å². The van der Waals surface area contributed by atoms with Crippen molar-refractivity contribution >= 4 is 22.8 Å². The van der Waals surface area contributed by atoms with E-state index in [2.05, 4.69) is 4.98 Å². The summed E-state index contributed by atoms with van der Waals surface area (Å²) < 4.78 is 11.3. The van der Waals surface area contributed by atoms with E-state index in [1.165, 1.54) is 0 Å². The van der Waals surface area contributed by atoms with Gasteiger partial charge >= 0.3 is 5.97 Å². The Hall–Kier alpha value is -2.18. The van der Waals surface area contributed by atoms with Gasteiger partial charge in [-0.2, -0.15) is 0 Å². The monoisotopic (exact) mass is 401 g/mol. The Bertz CT molecular complexity index is 681. The third-order valence-corrected chi connectivity index (χ3v) is 5.09. The number of aromatic nitrogens is 1. The molecule has 1 heterocycles. The molecule has 0 spiro atoms. The molecule has 2 rings (SSSR count). The highest BCUT2D eigenvalue weighted by Crippen LogP contribution is 2.35. The molecular weight excluding hydrogens is 374 g/mol. The molecule has 0 radical (unpaired) electrons. The number of nitrogens with zero attached hydrogens (tertiary/aromatic N) is 1. The Morgan fingerprint density at radius 2 is 1.71 bits per heavy atom. The second kappa shape index (κ2) is 11.6. The first kappa shape index (κ1) is 22.1. The summed E-state index contributed by atoms with van der Waals surface area (Å²) in [4.78, 5) is 30.2. The normalized spacial score (nSPS) is 14.1. The maximum absolute atomic E-state index is 12.9. The molecule has 150 valence electrons. The van der Waals surface area contributed by atoms with Crippen molar-refractivity contribution in [1.82, 2.24) is 4.98 Å². The van der Waals surface area contributed by atoms with Gasteiger partial charge in [-0.25, -0.2) is 0 Å². The van der Waals surface area contributed by atoms with E-state index in [9.17, 15) is 9.59 Å². The second-order valence-corrected chi connectivity index (χ2v) is 7.31. The lowest BCUT2D eigenvalue weighted by molar-refractivity contribution is -0.156. The number of hydrogen-bond donors (Lipinski definition) is 0. The van der Waals surface area contributed by atoms with Crippen LogP contribution >= 0.6 is 11.8 Å². The van der Waals surface area contributed by atoms with E-state index in [1.54, 1.807) is 13.1 Å². The average molecular weight is 402 g/mol. The molecule has 0 aliphatic carbocycles. The fourth-order valence-corrected chi connectivity index (χ4v) is 3.85. The highest BCUT2D eigenvalue weighted by atomic mass is 32.2. The molecule has 0 fully saturated rings. The van der Waals surface area contributed by atoms with Crippen LogP contribution in [0.3, 0.4) is 0 Å². The summed E-state index contributed by atoms with van der Waals surface area (Å²) in [6.45, 7) is 6.04. The molecule has 0 amide bonds. The number of rotatable bonds is 10. The van der Waals surface area contributed by atoms with Gasteiger partial charge < -0.3 is 9.47 Å². The predicted molar refractivity (Wildman–Crippen MR) is 111 cm³/mol. The van der Waals surface area contributed by atoms with Crippen LogP contribution in [0.4, 0.5) is 0 Å². The van der Waals surface area contributed by atoms with Crippen molar-refractivity contribution in [2.45, 2.75) is 32.8 Å². The van der Waals surface area contributed by atoms with Crippen LogP contribution in [0.5, 0.6) is 0 Å². The molecule has 6 heteroatoms. The zero-order valence-corrected chi connectivity index (χ0v) is 17.4. The number of carbonyl (C=O) groups is 2. The zero-order chi connectivity index (χ0) is 20.4. The molecule has 0 saturated carbocycles. The van der Waals surface area contributed by atoms with Crippen LogP contribution in [-0.4, -0.2) is 41.1 Å². The van der Waals surface area contributed by atoms with E-state index in [0.717, 1.165) is 23.0 Å². The number of thioether (sulfide) groups is 1. The first-order valence-electron chi connectivity index (χ1n) is 9.54. The van der Waals surface area contributed by atoms with Crippen LogP contribution in [0.1, 0.15) is 37.9 Å². The van der Waals surface area contributed by atoms with Crippen LogP contribution < -0.4 is 0 Å². The molecule has 0 saturated heterocycles. The second-order valence-electron chi connectivity index (χ2n) is 6.04. The highest BCUT2D eigenvalue weighted by Gasteiger charge is 2.42. The molecule has 0 aliphatic rings. The molecular formula is C22H27NO4S. The Morgan fingerprint density at radius 3 is 2.29 bits per heavy atom. The summed E-state index contributed by atoms with van der Waals surface area (Å²) in [5.74, 6) is -1.38. The number of benzene rings is 1. The highest BCUT2D eigenvalue weighted by molar-refractivity contribution is 8.13. The largest absolute Gasteiger partial charge is 0.465 e. The first-order valence-corrected chi connectivity index (χ1v) is 10.5. The van der Waals surface area contributed by atoms with Crippen molar-refractivity contribution < 1.29 is 19.1 Å². The maximum atomic E-state index is 12.9. The minimum atomic E-state index is -1.03. The number of carbonyl (C=O) groups excluding carboxylic acids is 2. The lowest BCUT2D eigenvalue weighted by Gasteiger charge is -2.31. The van der Waals surface area contributed by atoms with Gasteiger partial charge in [0.15, 0.2) is 5.92 Å². The van der Waals surface area contributed by atoms with E-state index in [4.69, 9.17) is 9.47 Å². The van der Waals surface area contributed by atoms with Gasteiger partial charge in [-0.1, -0.05) is 55.1 Å². The van der Waals surface area contributed by atoms with Crippen molar-refractivity contribution in [2.24, 2.45) is 5.92 Å². The smallest absolute Gasteiger partial charge is 0.320 e. The molecule has 2 aromatic rings. The molecule has 1 aromatic heterocycles. The van der Waals surface area contributed by atoms with Crippen molar-refractivity contribution in [1.29, 1.82) is 0 Å². The first-order chi connectivity index (χ1) is 13.6. The predicted octanol–water partition coefficient (Wildman–Crippen LogP) is 4.08. The molecule has 1 aromatic carbocycles. The van der Waals surface area contributed by atoms with Crippen molar-refractivity contribution in [2.75, 3.05) is 19.0 Å². The van der Waals surface area contributed by atoms with Crippen LogP contribution in [-0.2, 0) is 19.1 Å². The Morgan fingerprint density at radius 1 is 1.00 bits per heavy atom. The lowest BCUT2D eigenvalue weighted by Crippen LogP contribution is -2.41. The van der Waals surface area contributed by atoms with E-state index < -0.39 is 18.0 Å². The van der Waals surface area contributed by atoms with Crippen molar-refractivity contribution in [3.8, 4) is 0 Å². The number of hydrogen-bond acceptors (Lipinski definition) is 6. The average Bonchev–Trinajstić information content (AvgIpc) is 2.70. The van der Waals surface area contributed by atoms with Crippen LogP contribution in [0.2, 0.25) is 0 Å². The van der Waals surface area contributed by atoms with Gasteiger partial charge in [-0.15, -0.1) is 0 Å². The van der Waals surface area contributed by atoms with Crippen molar-refractivity contribution in [3.05, 3.63) is 66.0 Å². The van der Waals surface area contributed by atoms with E-state index in [1.807, 2.05) is 62.4 Å². The fraction of sp³-hybridized carbons (Fsp3) is 0.409. The van der Waals surface area contributed by atoms with E-state index >= 15 is 0 Å². The quantitative estimate of drug-likeness (QED) is 0.442. The van der Waals surface area contributed by atoms with Crippen molar-refractivity contribution in [3.63, 3.8) is 0 Å². The third-order valence-electron chi connectivity index (χ3n) is 4.26. The van der Waals surface area contributed by atoms with Gasteiger partial charge in [-0.3, -0.25) is 14.6 Å². The fourth-order valence-electron chi connectivity index (χ4n) is 3.15. The zero-order valence-electron chi connectivity index (χ0n) is 16.5. The number of esters is 1. The maximum Gasteiger partial charge on any atom is 0.320 e. The molecule has 0 aliphatic heterocycles. The molecule has 0 N–H and O–H groups in total. The standard InChI is InChI=1S/C22H27NO4S/c1-4-26-20(19(21(24)27-5-2)22(25)28-6-3)18(16-12-8-7-9-13-16)17-14-10-11-15-23-17/h7-15,18-20H,4-6H2,1-3H3. The number of ether oxygens (including phenoxy) is 2. The van der Waals surface area contributed by atoms with Gasteiger partial charge in [0.1, 0.15) is 0 Å². The van der Waals surface area contributed by atoms with Gasteiger partial charge in [-0.05, 0) is 37.3 Å². The van der Waals surface area contributed by atoms with Gasteiger partial charge in [0, 0.05) is 12.8 Å². The topological polar surface area (TPSA) is 65.5 Å². The van der Waals surface area contributed by atoms with Gasteiger partial charge in [0.2, 0.25) is 5.12 Å². The molecule has 3 unspecified atom stereocenters. The Balaban J connectivity index is 2.57. The SMILES string of the molecule is CCOC(=O)C(C(=O)SCC)C(OCC)C(c1ccccc1)c1ccccn1. The summed E-state index contributed by atoms with van der Waals surface area (Å²) >= 11 is 1.12. The molecule has 0 bridgehead atoms.